The van der Waals surface area contributed by atoms with Crippen molar-refractivity contribution < 1.29 is 51.7 Å². The van der Waals surface area contributed by atoms with Gasteiger partial charge in [-0.15, -0.1) is 24.3 Å². The van der Waals surface area contributed by atoms with Gasteiger partial charge in [0.1, 0.15) is 25.4 Å². The molecule has 4 nitrogen and oxygen atoms in total. The Morgan fingerprint density at radius 3 is 1.43 bits per heavy atom. The van der Waals surface area contributed by atoms with E-state index in [4.69, 9.17) is 18.9 Å². The Hall–Kier alpha value is -0.936. The van der Waals surface area contributed by atoms with Gasteiger partial charge in [-0.25, -0.2) is 0 Å². The molecule has 2 aliphatic heterocycles. The SMILES string of the molecule is [Y].[c-]1ccc(OCC2CO2)cc1.[c-]1ccc(OCC2CO2)cc1. The average Bonchev–Trinajstić information content (AvgIpc) is 3.49. The van der Waals surface area contributed by atoms with Crippen LogP contribution in [0, 0.1) is 12.1 Å². The zero-order chi connectivity index (χ0) is 15.0. The number of rotatable bonds is 6. The van der Waals surface area contributed by atoms with Crippen molar-refractivity contribution >= 4 is 0 Å². The van der Waals surface area contributed by atoms with E-state index in [1.807, 2.05) is 48.5 Å². The summed E-state index contributed by atoms with van der Waals surface area (Å²) in [5.74, 6) is 1.78. The molecule has 0 amide bonds. The van der Waals surface area contributed by atoms with E-state index in [0.717, 1.165) is 24.7 Å². The molecule has 0 N–H and O–H groups in total. The second-order valence-corrected chi connectivity index (χ2v) is 5.00. The van der Waals surface area contributed by atoms with Crippen LogP contribution in [0.4, 0.5) is 0 Å². The van der Waals surface area contributed by atoms with Gasteiger partial charge >= 0.3 is 0 Å². The van der Waals surface area contributed by atoms with E-state index >= 15 is 0 Å². The van der Waals surface area contributed by atoms with Crippen LogP contribution >= 0.6 is 0 Å². The summed E-state index contributed by atoms with van der Waals surface area (Å²) in [7, 11) is 0. The molecule has 1 radical (unpaired) electrons. The number of ether oxygens (including phenoxy) is 4. The van der Waals surface area contributed by atoms with Gasteiger partial charge in [-0.3, -0.25) is 0 Å². The van der Waals surface area contributed by atoms with Crippen molar-refractivity contribution in [3.8, 4) is 11.5 Å². The molecule has 2 saturated heterocycles. The van der Waals surface area contributed by atoms with Gasteiger partial charge < -0.3 is 18.9 Å². The standard InChI is InChI=1S/2C9H9O2.Y/c2*1-2-4-8(5-3-1)10-6-9-7-11-9;/h2*2-5,9H,6-7H2;/q2*-1;. The molecule has 0 aromatic heterocycles. The normalized spacial score (nSPS) is 20.3. The zero-order valence-electron chi connectivity index (χ0n) is 12.8. The molecule has 2 unspecified atom stereocenters. The fourth-order valence-electron chi connectivity index (χ4n) is 1.64. The van der Waals surface area contributed by atoms with Gasteiger partial charge in [0.2, 0.25) is 0 Å². The molecular formula is C18H18O4Y-2. The van der Waals surface area contributed by atoms with Crippen molar-refractivity contribution in [3.05, 3.63) is 60.7 Å². The van der Waals surface area contributed by atoms with Gasteiger partial charge in [-0.1, -0.05) is 0 Å². The van der Waals surface area contributed by atoms with Crippen LogP contribution in [0.25, 0.3) is 0 Å². The van der Waals surface area contributed by atoms with Gasteiger partial charge in [0.25, 0.3) is 0 Å². The van der Waals surface area contributed by atoms with Crippen molar-refractivity contribution in [2.75, 3.05) is 26.4 Å². The van der Waals surface area contributed by atoms with E-state index in [2.05, 4.69) is 12.1 Å². The minimum atomic E-state index is 0. The van der Waals surface area contributed by atoms with E-state index in [1.54, 1.807) is 0 Å². The van der Waals surface area contributed by atoms with Crippen molar-refractivity contribution in [1.29, 1.82) is 0 Å². The second kappa shape index (κ2) is 10.0. The third kappa shape index (κ3) is 7.93. The molecule has 0 aliphatic carbocycles. The van der Waals surface area contributed by atoms with Gasteiger partial charge in [0, 0.05) is 44.2 Å². The third-order valence-electron chi connectivity index (χ3n) is 3.05. The summed E-state index contributed by atoms with van der Waals surface area (Å²) in [5, 5.41) is 0. The number of benzene rings is 2. The Morgan fingerprint density at radius 1 is 0.783 bits per heavy atom. The Balaban J connectivity index is 0.000000160. The smallest absolute Gasteiger partial charge is 0.115 e. The Morgan fingerprint density at radius 2 is 1.13 bits per heavy atom. The first-order valence-corrected chi connectivity index (χ1v) is 7.31. The molecule has 2 fully saturated rings. The second-order valence-electron chi connectivity index (χ2n) is 5.00. The van der Waals surface area contributed by atoms with E-state index in [-0.39, 0.29) is 32.7 Å². The van der Waals surface area contributed by atoms with Crippen molar-refractivity contribution in [3.63, 3.8) is 0 Å². The quantitative estimate of drug-likeness (QED) is 0.565. The summed E-state index contributed by atoms with van der Waals surface area (Å²) in [5.41, 5.74) is 0. The maximum absolute atomic E-state index is 5.38. The summed E-state index contributed by atoms with van der Waals surface area (Å²) in [6.07, 6.45) is 0.665. The predicted octanol–water partition coefficient (Wildman–Crippen LogP) is 2.53. The van der Waals surface area contributed by atoms with Gasteiger partial charge in [0.05, 0.1) is 13.2 Å². The van der Waals surface area contributed by atoms with Crippen LogP contribution in [0.15, 0.2) is 48.5 Å². The van der Waals surface area contributed by atoms with Crippen LogP contribution in [0.5, 0.6) is 11.5 Å². The molecular weight excluding hydrogens is 369 g/mol. The largest absolute Gasteiger partial charge is 0.516 e. The molecule has 23 heavy (non-hydrogen) atoms. The van der Waals surface area contributed by atoms with Gasteiger partial charge in [0.15, 0.2) is 0 Å². The molecule has 119 valence electrons. The van der Waals surface area contributed by atoms with Crippen molar-refractivity contribution in [2.45, 2.75) is 12.2 Å². The first kappa shape index (κ1) is 18.4. The first-order chi connectivity index (χ1) is 10.9. The Labute approximate surface area is 162 Å². The van der Waals surface area contributed by atoms with Crippen molar-refractivity contribution in [2.24, 2.45) is 0 Å². The van der Waals surface area contributed by atoms with Crippen LogP contribution in [0.1, 0.15) is 0 Å². The van der Waals surface area contributed by atoms with E-state index in [0.29, 0.717) is 25.4 Å². The average molecular weight is 387 g/mol. The molecule has 2 aliphatic rings. The summed E-state index contributed by atoms with van der Waals surface area (Å²) in [6, 6.07) is 20.8. The maximum atomic E-state index is 5.38. The summed E-state index contributed by atoms with van der Waals surface area (Å²) in [4.78, 5) is 0. The zero-order valence-corrected chi connectivity index (χ0v) is 15.7. The van der Waals surface area contributed by atoms with Crippen molar-refractivity contribution in [1.82, 2.24) is 0 Å². The fourth-order valence-corrected chi connectivity index (χ4v) is 1.64. The summed E-state index contributed by atoms with van der Waals surface area (Å²) < 4.78 is 20.8. The van der Waals surface area contributed by atoms with Crippen LogP contribution in [-0.4, -0.2) is 38.6 Å². The third-order valence-corrected chi connectivity index (χ3v) is 3.05. The van der Waals surface area contributed by atoms with Crippen LogP contribution in [0.2, 0.25) is 0 Å². The van der Waals surface area contributed by atoms with Crippen LogP contribution in [-0.2, 0) is 42.2 Å². The molecule has 0 saturated carbocycles. The minimum absolute atomic E-state index is 0. The first-order valence-electron chi connectivity index (χ1n) is 7.31. The summed E-state index contributed by atoms with van der Waals surface area (Å²) in [6.45, 7) is 3.03. The Bertz CT molecular complexity index is 490. The fraction of sp³-hybridized carbons (Fsp3) is 0.333. The van der Waals surface area contributed by atoms with Gasteiger partial charge in [-0.05, 0) is 0 Å². The summed E-state index contributed by atoms with van der Waals surface area (Å²) >= 11 is 0. The van der Waals surface area contributed by atoms with Crippen LogP contribution < -0.4 is 9.47 Å². The van der Waals surface area contributed by atoms with Gasteiger partial charge in [-0.2, -0.15) is 36.4 Å². The topological polar surface area (TPSA) is 43.5 Å². The molecule has 2 heterocycles. The maximum Gasteiger partial charge on any atom is 0.115 e. The Kier molecular flexibility index (Phi) is 8.03. The molecule has 0 bridgehead atoms. The van der Waals surface area contributed by atoms with E-state index in [1.165, 1.54) is 0 Å². The van der Waals surface area contributed by atoms with Crippen LogP contribution in [0.3, 0.4) is 0 Å². The molecule has 2 aromatic carbocycles. The number of hydrogen-bond donors (Lipinski definition) is 0. The monoisotopic (exact) mass is 387 g/mol. The number of epoxide rings is 2. The molecule has 2 atom stereocenters. The molecule has 0 spiro atoms. The van der Waals surface area contributed by atoms with E-state index in [9.17, 15) is 0 Å². The molecule has 2 aromatic rings. The predicted molar refractivity (Wildman–Crippen MR) is 81.0 cm³/mol. The minimum Gasteiger partial charge on any atom is -0.516 e. The molecule has 4 rings (SSSR count). The molecule has 5 heteroatoms. The van der Waals surface area contributed by atoms with E-state index < -0.39 is 0 Å². The number of hydrogen-bond acceptors (Lipinski definition) is 4.